The van der Waals surface area contributed by atoms with Crippen molar-refractivity contribution < 1.29 is 14.6 Å². The first kappa shape index (κ1) is 20.5. The van der Waals surface area contributed by atoms with E-state index in [-0.39, 0.29) is 13.2 Å². The van der Waals surface area contributed by atoms with Crippen molar-refractivity contribution in [1.82, 2.24) is 9.97 Å². The molecule has 0 aliphatic carbocycles. The van der Waals surface area contributed by atoms with Crippen molar-refractivity contribution in [2.75, 3.05) is 23.4 Å². The van der Waals surface area contributed by atoms with Gasteiger partial charge < -0.3 is 19.9 Å². The Balaban J connectivity index is 1.53. The summed E-state index contributed by atoms with van der Waals surface area (Å²) >= 11 is 6.06. The molecule has 2 aromatic carbocycles. The number of aromatic nitrogens is 2. The third-order valence-corrected chi connectivity index (χ3v) is 4.63. The lowest BCUT2D eigenvalue weighted by atomic mass is 10.2. The van der Waals surface area contributed by atoms with Gasteiger partial charge in [-0.3, -0.25) is 4.90 Å². The molecule has 9 heteroatoms. The van der Waals surface area contributed by atoms with E-state index in [0.717, 1.165) is 5.56 Å². The number of aliphatic hydroxyl groups is 1. The van der Waals surface area contributed by atoms with Crippen molar-refractivity contribution >= 4 is 29.1 Å². The van der Waals surface area contributed by atoms with Crippen molar-refractivity contribution in [1.29, 1.82) is 5.26 Å². The molecule has 1 atom stereocenters. The van der Waals surface area contributed by atoms with E-state index in [0.29, 0.717) is 33.9 Å². The second kappa shape index (κ2) is 9.34. The molecular weight excluding hydrogens is 418 g/mol. The van der Waals surface area contributed by atoms with Gasteiger partial charge in [0.05, 0.1) is 24.8 Å². The number of aliphatic hydroxyl groups excluding tert-OH is 1. The molecule has 1 aromatic heterocycles. The van der Waals surface area contributed by atoms with E-state index in [4.69, 9.17) is 26.3 Å². The molecular formula is C22H18ClN5O3. The van der Waals surface area contributed by atoms with Crippen molar-refractivity contribution in [3.63, 3.8) is 0 Å². The van der Waals surface area contributed by atoms with Crippen LogP contribution in [0.1, 0.15) is 17.4 Å². The first-order valence-electron chi connectivity index (χ1n) is 9.42. The molecule has 0 bridgehead atoms. The highest BCUT2D eigenvalue weighted by atomic mass is 35.5. The molecule has 0 saturated heterocycles. The van der Waals surface area contributed by atoms with Gasteiger partial charge in [0.1, 0.15) is 12.1 Å². The molecule has 8 nitrogen and oxygen atoms in total. The monoisotopic (exact) mass is 435 g/mol. The van der Waals surface area contributed by atoms with E-state index in [9.17, 15) is 5.11 Å². The van der Waals surface area contributed by atoms with Crippen LogP contribution in [0.15, 0.2) is 72.9 Å². The normalized spacial score (nSPS) is 14.7. The minimum Gasteiger partial charge on any atom is -0.453 e. The maximum atomic E-state index is 9.57. The van der Waals surface area contributed by atoms with Gasteiger partial charge in [-0.2, -0.15) is 10.2 Å². The Morgan fingerprint density at radius 2 is 2.06 bits per heavy atom. The minimum absolute atomic E-state index is 0.125. The zero-order chi connectivity index (χ0) is 21.6. The van der Waals surface area contributed by atoms with Crippen molar-refractivity contribution in [3.05, 3.63) is 89.1 Å². The predicted octanol–water partition coefficient (Wildman–Crippen LogP) is 4.09. The summed E-state index contributed by atoms with van der Waals surface area (Å²) in [5, 5.41) is 22.3. The van der Waals surface area contributed by atoms with E-state index in [1.807, 2.05) is 18.2 Å². The van der Waals surface area contributed by atoms with Gasteiger partial charge in [-0.1, -0.05) is 29.8 Å². The molecule has 1 aliphatic rings. The van der Waals surface area contributed by atoms with Gasteiger partial charge in [-0.15, -0.1) is 0 Å². The lowest BCUT2D eigenvalue weighted by Crippen LogP contribution is -2.27. The third kappa shape index (κ3) is 4.86. The van der Waals surface area contributed by atoms with Gasteiger partial charge >= 0.3 is 0 Å². The molecule has 2 N–H and O–H groups in total. The Hall–Kier alpha value is -3.80. The molecule has 0 amide bonds. The summed E-state index contributed by atoms with van der Waals surface area (Å²) in [6, 6.07) is 18.0. The van der Waals surface area contributed by atoms with E-state index < -0.39 is 6.29 Å². The van der Waals surface area contributed by atoms with Crippen LogP contribution in [0.5, 0.6) is 0 Å². The Morgan fingerprint density at radius 1 is 1.19 bits per heavy atom. The van der Waals surface area contributed by atoms with E-state index in [1.54, 1.807) is 47.5 Å². The Labute approximate surface area is 184 Å². The number of rotatable bonds is 7. The van der Waals surface area contributed by atoms with Crippen LogP contribution in [0.3, 0.4) is 0 Å². The number of ether oxygens (including phenoxy) is 2. The number of benzene rings is 2. The largest absolute Gasteiger partial charge is 0.453 e. The number of hydrogen-bond donors (Lipinski definition) is 2. The highest BCUT2D eigenvalue weighted by molar-refractivity contribution is 6.30. The zero-order valence-corrected chi connectivity index (χ0v) is 17.0. The highest BCUT2D eigenvalue weighted by Gasteiger charge is 2.27. The average molecular weight is 436 g/mol. The first-order chi connectivity index (χ1) is 15.2. The quantitative estimate of drug-likeness (QED) is 0.572. The third-order valence-electron chi connectivity index (χ3n) is 4.40. The fourth-order valence-corrected chi connectivity index (χ4v) is 3.20. The van der Waals surface area contributed by atoms with Crippen LogP contribution in [0.2, 0.25) is 5.02 Å². The van der Waals surface area contributed by atoms with E-state index in [1.165, 1.54) is 6.26 Å². The smallest absolute Gasteiger partial charge is 0.268 e. The summed E-state index contributed by atoms with van der Waals surface area (Å²) in [4.78, 5) is 10.4. The van der Waals surface area contributed by atoms with E-state index >= 15 is 0 Å². The Kier molecular flexibility index (Phi) is 6.17. The summed E-state index contributed by atoms with van der Waals surface area (Å²) in [6.45, 7) is 0.108. The number of nitriles is 1. The highest BCUT2D eigenvalue weighted by Crippen LogP contribution is 2.33. The van der Waals surface area contributed by atoms with Crippen LogP contribution in [0.25, 0.3) is 0 Å². The van der Waals surface area contributed by atoms with Gasteiger partial charge in [-0.05, 0) is 36.4 Å². The zero-order valence-electron chi connectivity index (χ0n) is 16.3. The van der Waals surface area contributed by atoms with Gasteiger partial charge in [0.25, 0.3) is 6.29 Å². The SMILES string of the molecule is N#Cc1cccc(Nc2nccc(N(CCO)C3=COC(c4cccc(Cl)c4)O3)n2)c1. The van der Waals surface area contributed by atoms with E-state index in [2.05, 4.69) is 21.4 Å². The molecule has 31 heavy (non-hydrogen) atoms. The number of hydrogen-bond acceptors (Lipinski definition) is 8. The maximum Gasteiger partial charge on any atom is 0.268 e. The molecule has 0 spiro atoms. The van der Waals surface area contributed by atoms with Crippen LogP contribution >= 0.6 is 11.6 Å². The van der Waals surface area contributed by atoms with Crippen LogP contribution in [0.4, 0.5) is 17.5 Å². The van der Waals surface area contributed by atoms with Crippen molar-refractivity contribution in [3.8, 4) is 6.07 Å². The molecule has 2 heterocycles. The topological polar surface area (TPSA) is 104 Å². The molecule has 0 fully saturated rings. The number of anilines is 3. The predicted molar refractivity (Wildman–Crippen MR) is 115 cm³/mol. The molecule has 156 valence electrons. The number of nitrogens with one attached hydrogen (secondary N) is 1. The molecule has 1 unspecified atom stereocenters. The second-order valence-corrected chi connectivity index (χ2v) is 6.96. The van der Waals surface area contributed by atoms with Gasteiger partial charge in [0, 0.05) is 22.5 Å². The standard InChI is InChI=1S/C22H18ClN5O3/c23-17-5-2-4-16(12-17)21-30-14-20(31-21)28(9-10-29)19-7-8-25-22(27-19)26-18-6-1-3-15(11-18)13-24/h1-8,11-12,14,21,29H,9-10H2,(H,25,26,27). The summed E-state index contributed by atoms with van der Waals surface area (Å²) in [6.07, 6.45) is 2.42. The van der Waals surface area contributed by atoms with Crippen LogP contribution in [-0.4, -0.2) is 28.2 Å². The van der Waals surface area contributed by atoms with Crippen LogP contribution in [0, 0.1) is 11.3 Å². The van der Waals surface area contributed by atoms with Crippen LogP contribution in [-0.2, 0) is 9.47 Å². The summed E-state index contributed by atoms with van der Waals surface area (Å²) in [5.74, 6) is 1.24. The minimum atomic E-state index is -0.650. The average Bonchev–Trinajstić information content (AvgIpc) is 3.28. The fraction of sp³-hybridized carbons (Fsp3) is 0.136. The molecule has 1 aliphatic heterocycles. The fourth-order valence-electron chi connectivity index (χ4n) is 3.01. The summed E-state index contributed by atoms with van der Waals surface area (Å²) in [5.41, 5.74) is 1.98. The first-order valence-corrected chi connectivity index (χ1v) is 9.80. The Bertz CT molecular complexity index is 1150. The van der Waals surface area contributed by atoms with Crippen molar-refractivity contribution in [2.45, 2.75) is 6.29 Å². The van der Waals surface area contributed by atoms with Gasteiger partial charge in [-0.25, -0.2) is 4.98 Å². The number of halogens is 1. The number of nitrogens with zero attached hydrogens (tertiary/aromatic N) is 4. The molecule has 4 rings (SSSR count). The lowest BCUT2D eigenvalue weighted by molar-refractivity contribution is -0.0352. The maximum absolute atomic E-state index is 9.57. The molecule has 0 saturated carbocycles. The molecule has 3 aromatic rings. The lowest BCUT2D eigenvalue weighted by Gasteiger charge is -2.23. The van der Waals surface area contributed by atoms with Crippen molar-refractivity contribution in [2.24, 2.45) is 0 Å². The van der Waals surface area contributed by atoms with Crippen LogP contribution < -0.4 is 10.2 Å². The van der Waals surface area contributed by atoms with Gasteiger partial charge in [0.2, 0.25) is 11.8 Å². The second-order valence-electron chi connectivity index (χ2n) is 6.53. The molecule has 0 radical (unpaired) electrons. The van der Waals surface area contributed by atoms with Gasteiger partial charge in [0.15, 0.2) is 0 Å². The Morgan fingerprint density at radius 3 is 2.87 bits per heavy atom. The summed E-state index contributed by atoms with van der Waals surface area (Å²) < 4.78 is 11.6. The summed E-state index contributed by atoms with van der Waals surface area (Å²) in [7, 11) is 0.